The Morgan fingerprint density at radius 2 is 1.95 bits per heavy atom. The van der Waals surface area contributed by atoms with Crippen molar-refractivity contribution in [1.29, 1.82) is 0 Å². The molecule has 3 N–H and O–H groups in total. The van der Waals surface area contributed by atoms with E-state index in [0.29, 0.717) is 19.5 Å². The molecule has 0 aliphatic heterocycles. The molecule has 0 heterocycles. The molecule has 0 unspecified atom stereocenters. The van der Waals surface area contributed by atoms with Crippen LogP contribution in [-0.2, 0) is 11.3 Å². The highest BCUT2D eigenvalue weighted by Crippen LogP contribution is 2.14. The van der Waals surface area contributed by atoms with E-state index in [-0.39, 0.29) is 11.7 Å². The molecule has 1 amide bonds. The summed E-state index contributed by atoms with van der Waals surface area (Å²) in [7, 11) is 0. The van der Waals surface area contributed by atoms with Crippen molar-refractivity contribution >= 4 is 5.91 Å². The van der Waals surface area contributed by atoms with Crippen LogP contribution in [0.5, 0.6) is 5.75 Å². The summed E-state index contributed by atoms with van der Waals surface area (Å²) in [5, 5.41) is 2.75. The average Bonchev–Trinajstić information content (AvgIpc) is 2.37. The first-order valence-corrected chi connectivity index (χ1v) is 6.12. The molecule has 0 aliphatic rings. The van der Waals surface area contributed by atoms with Crippen LogP contribution >= 0.6 is 0 Å². The summed E-state index contributed by atoms with van der Waals surface area (Å²) in [6, 6.07) is 6.17. The van der Waals surface area contributed by atoms with E-state index < -0.39 is 6.61 Å². The molecule has 106 valence electrons. The Morgan fingerprint density at radius 1 is 1.26 bits per heavy atom. The smallest absolute Gasteiger partial charge is 0.387 e. The predicted octanol–water partition coefficient (Wildman–Crippen LogP) is 2.03. The molecule has 1 aromatic carbocycles. The molecule has 0 atom stereocenters. The number of carbonyl (C=O) groups excluding carboxylic acids is 1. The number of hydrogen-bond acceptors (Lipinski definition) is 3. The van der Waals surface area contributed by atoms with Gasteiger partial charge in [0.1, 0.15) is 5.75 Å². The summed E-state index contributed by atoms with van der Waals surface area (Å²) in [6.45, 7) is -1.87. The van der Waals surface area contributed by atoms with Crippen molar-refractivity contribution in [3.8, 4) is 5.75 Å². The van der Waals surface area contributed by atoms with Crippen LogP contribution in [0, 0.1) is 0 Å². The van der Waals surface area contributed by atoms with Gasteiger partial charge in [-0.15, -0.1) is 0 Å². The fraction of sp³-hybridized carbons (Fsp3) is 0.462. The highest BCUT2D eigenvalue weighted by atomic mass is 19.3. The van der Waals surface area contributed by atoms with Crippen molar-refractivity contribution in [3.05, 3.63) is 29.8 Å². The zero-order chi connectivity index (χ0) is 14.1. The number of carbonyl (C=O) groups is 1. The molecule has 19 heavy (non-hydrogen) atoms. The van der Waals surface area contributed by atoms with Gasteiger partial charge in [-0.2, -0.15) is 8.78 Å². The van der Waals surface area contributed by atoms with Gasteiger partial charge in [0.05, 0.1) is 0 Å². The maximum atomic E-state index is 11.9. The monoisotopic (exact) mass is 272 g/mol. The Bertz CT molecular complexity index is 383. The van der Waals surface area contributed by atoms with E-state index in [4.69, 9.17) is 5.73 Å². The SMILES string of the molecule is NCCCCC(=O)NCc1ccc(OC(F)F)cc1. The topological polar surface area (TPSA) is 64.4 Å². The quantitative estimate of drug-likeness (QED) is 0.712. The maximum Gasteiger partial charge on any atom is 0.387 e. The first-order valence-electron chi connectivity index (χ1n) is 6.12. The van der Waals surface area contributed by atoms with Crippen LogP contribution in [0.4, 0.5) is 8.78 Å². The largest absolute Gasteiger partial charge is 0.435 e. The van der Waals surface area contributed by atoms with E-state index in [1.807, 2.05) is 0 Å². The zero-order valence-corrected chi connectivity index (χ0v) is 10.6. The summed E-state index contributed by atoms with van der Waals surface area (Å²) in [5.74, 6) is 0.0642. The standard InChI is InChI=1S/C13H18F2N2O2/c14-13(15)19-11-6-4-10(5-7-11)9-17-12(18)3-1-2-8-16/h4-7,13H,1-3,8-9,16H2,(H,17,18). The Balaban J connectivity index is 2.31. The van der Waals surface area contributed by atoms with Crippen molar-refractivity contribution in [2.45, 2.75) is 32.4 Å². The molecular weight excluding hydrogens is 254 g/mol. The predicted molar refractivity (Wildman–Crippen MR) is 67.8 cm³/mol. The molecule has 0 radical (unpaired) electrons. The van der Waals surface area contributed by atoms with Gasteiger partial charge in [0.25, 0.3) is 0 Å². The normalized spacial score (nSPS) is 10.5. The van der Waals surface area contributed by atoms with Gasteiger partial charge in [-0.3, -0.25) is 4.79 Å². The minimum atomic E-state index is -2.83. The van der Waals surface area contributed by atoms with Gasteiger partial charge >= 0.3 is 6.61 Å². The summed E-state index contributed by atoms with van der Waals surface area (Å²) in [5.41, 5.74) is 6.16. The molecule has 0 aromatic heterocycles. The minimum Gasteiger partial charge on any atom is -0.435 e. The lowest BCUT2D eigenvalue weighted by molar-refractivity contribution is -0.121. The van der Waals surface area contributed by atoms with Crippen molar-refractivity contribution in [2.24, 2.45) is 5.73 Å². The molecule has 4 nitrogen and oxygen atoms in total. The van der Waals surface area contributed by atoms with Gasteiger partial charge in [-0.1, -0.05) is 12.1 Å². The lowest BCUT2D eigenvalue weighted by atomic mass is 10.2. The van der Waals surface area contributed by atoms with Gasteiger partial charge in [0.2, 0.25) is 5.91 Å². The fourth-order valence-corrected chi connectivity index (χ4v) is 1.51. The number of ether oxygens (including phenoxy) is 1. The van der Waals surface area contributed by atoms with Gasteiger partial charge in [0, 0.05) is 13.0 Å². The van der Waals surface area contributed by atoms with E-state index in [1.54, 1.807) is 12.1 Å². The minimum absolute atomic E-state index is 0.0404. The lowest BCUT2D eigenvalue weighted by Gasteiger charge is -2.07. The molecule has 1 rings (SSSR count). The summed E-state index contributed by atoms with van der Waals surface area (Å²) < 4.78 is 28.1. The zero-order valence-electron chi connectivity index (χ0n) is 10.6. The van der Waals surface area contributed by atoms with E-state index in [9.17, 15) is 13.6 Å². The Morgan fingerprint density at radius 3 is 2.53 bits per heavy atom. The van der Waals surface area contributed by atoms with Crippen LogP contribution in [0.25, 0.3) is 0 Å². The molecule has 0 bridgehead atoms. The molecule has 0 aliphatic carbocycles. The summed E-state index contributed by atoms with van der Waals surface area (Å²) in [4.78, 5) is 11.4. The number of nitrogens with one attached hydrogen (secondary N) is 1. The number of amides is 1. The molecule has 0 spiro atoms. The third kappa shape index (κ3) is 6.71. The number of hydrogen-bond donors (Lipinski definition) is 2. The van der Waals surface area contributed by atoms with Crippen molar-refractivity contribution < 1.29 is 18.3 Å². The highest BCUT2D eigenvalue weighted by molar-refractivity contribution is 5.75. The van der Waals surface area contributed by atoms with Crippen molar-refractivity contribution in [3.63, 3.8) is 0 Å². The first kappa shape index (κ1) is 15.4. The van der Waals surface area contributed by atoms with Crippen molar-refractivity contribution in [2.75, 3.05) is 6.54 Å². The third-order valence-corrected chi connectivity index (χ3v) is 2.50. The molecule has 6 heteroatoms. The van der Waals surface area contributed by atoms with Gasteiger partial charge in [-0.05, 0) is 37.1 Å². The molecule has 0 fully saturated rings. The molecule has 0 saturated heterocycles. The van der Waals surface area contributed by atoms with E-state index in [0.717, 1.165) is 18.4 Å². The second-order valence-corrected chi connectivity index (χ2v) is 4.04. The number of rotatable bonds is 8. The number of halogens is 2. The van der Waals surface area contributed by atoms with Gasteiger partial charge in [-0.25, -0.2) is 0 Å². The second kappa shape index (κ2) is 8.42. The number of nitrogens with two attached hydrogens (primary N) is 1. The Labute approximate surface area is 110 Å². The fourth-order valence-electron chi connectivity index (χ4n) is 1.51. The van der Waals surface area contributed by atoms with Crippen LogP contribution in [0.1, 0.15) is 24.8 Å². The molecule has 1 aromatic rings. The molecular formula is C13H18F2N2O2. The lowest BCUT2D eigenvalue weighted by Crippen LogP contribution is -2.22. The number of alkyl halides is 2. The van der Waals surface area contributed by atoms with Crippen molar-refractivity contribution in [1.82, 2.24) is 5.32 Å². The molecule has 0 saturated carbocycles. The maximum absolute atomic E-state index is 11.9. The Hall–Kier alpha value is -1.69. The van der Waals surface area contributed by atoms with Gasteiger partial charge < -0.3 is 15.8 Å². The first-order chi connectivity index (χ1) is 9.11. The van der Waals surface area contributed by atoms with Gasteiger partial charge in [0.15, 0.2) is 0 Å². The van der Waals surface area contributed by atoms with E-state index >= 15 is 0 Å². The Kier molecular flexibility index (Phi) is 6.81. The van der Waals surface area contributed by atoms with E-state index in [2.05, 4.69) is 10.1 Å². The van der Waals surface area contributed by atoms with Crippen LogP contribution in [0.2, 0.25) is 0 Å². The second-order valence-electron chi connectivity index (χ2n) is 4.04. The number of benzene rings is 1. The van der Waals surface area contributed by atoms with Crippen LogP contribution in [-0.4, -0.2) is 19.1 Å². The van der Waals surface area contributed by atoms with Crippen LogP contribution in [0.15, 0.2) is 24.3 Å². The van der Waals surface area contributed by atoms with Crippen LogP contribution in [0.3, 0.4) is 0 Å². The van der Waals surface area contributed by atoms with E-state index in [1.165, 1.54) is 12.1 Å². The number of unbranched alkanes of at least 4 members (excludes halogenated alkanes) is 1. The third-order valence-electron chi connectivity index (χ3n) is 2.50. The van der Waals surface area contributed by atoms with Crippen LogP contribution < -0.4 is 15.8 Å². The summed E-state index contributed by atoms with van der Waals surface area (Å²) >= 11 is 0. The highest BCUT2D eigenvalue weighted by Gasteiger charge is 2.04. The average molecular weight is 272 g/mol. The summed E-state index contributed by atoms with van der Waals surface area (Å²) in [6.07, 6.45) is 2.04.